The van der Waals surface area contributed by atoms with Gasteiger partial charge in [0.25, 0.3) is 0 Å². The van der Waals surface area contributed by atoms with E-state index in [9.17, 15) is 9.59 Å². The lowest BCUT2D eigenvalue weighted by atomic mass is 10.2. The summed E-state index contributed by atoms with van der Waals surface area (Å²) in [5, 5.41) is 3.33. The van der Waals surface area contributed by atoms with Crippen LogP contribution in [0.25, 0.3) is 0 Å². The highest BCUT2D eigenvalue weighted by molar-refractivity contribution is 8.00. The summed E-state index contributed by atoms with van der Waals surface area (Å²) in [6.45, 7) is 1.88. The number of rotatable bonds is 6. The number of nitrogens with one attached hydrogen (secondary N) is 1. The van der Waals surface area contributed by atoms with E-state index in [4.69, 9.17) is 17.3 Å². The maximum absolute atomic E-state index is 11.8. The zero-order valence-electron chi connectivity index (χ0n) is 11.3. The van der Waals surface area contributed by atoms with Gasteiger partial charge in [0, 0.05) is 16.5 Å². The van der Waals surface area contributed by atoms with Crippen LogP contribution in [0.15, 0.2) is 18.2 Å². The molecular formula is C13H17ClN2O3S. The number of methoxy groups -OCH3 is 1. The minimum absolute atomic E-state index is 0.169. The van der Waals surface area contributed by atoms with E-state index in [1.54, 1.807) is 12.1 Å². The lowest BCUT2D eigenvalue weighted by Gasteiger charge is -2.10. The molecule has 20 heavy (non-hydrogen) atoms. The van der Waals surface area contributed by atoms with Crippen LogP contribution < -0.4 is 11.1 Å². The Morgan fingerprint density at radius 3 is 2.85 bits per heavy atom. The quantitative estimate of drug-likeness (QED) is 0.782. The molecule has 0 fully saturated rings. The van der Waals surface area contributed by atoms with Crippen molar-refractivity contribution in [1.29, 1.82) is 0 Å². The molecule has 0 saturated heterocycles. The standard InChI is InChI=1S/C13H17ClN2O3S/c1-8-3-4-9(14)5-11(8)16-12(17)7-20-6-10(15)13(18)19-2/h3-5,10H,6-7,15H2,1-2H3,(H,16,17). The number of carbonyl (C=O) groups is 2. The highest BCUT2D eigenvalue weighted by atomic mass is 35.5. The molecule has 1 unspecified atom stereocenters. The number of thioether (sulfide) groups is 1. The third-order valence-electron chi connectivity index (χ3n) is 2.51. The Morgan fingerprint density at radius 1 is 1.50 bits per heavy atom. The first-order chi connectivity index (χ1) is 9.43. The number of carbonyl (C=O) groups excluding carboxylic acids is 2. The monoisotopic (exact) mass is 316 g/mol. The van der Waals surface area contributed by atoms with Crippen LogP contribution in [0.5, 0.6) is 0 Å². The van der Waals surface area contributed by atoms with Gasteiger partial charge in [0.05, 0.1) is 12.9 Å². The van der Waals surface area contributed by atoms with Crippen molar-refractivity contribution in [3.63, 3.8) is 0 Å². The highest BCUT2D eigenvalue weighted by Crippen LogP contribution is 2.20. The third kappa shape index (κ3) is 5.40. The Balaban J connectivity index is 2.41. The molecule has 3 N–H and O–H groups in total. The van der Waals surface area contributed by atoms with Gasteiger partial charge < -0.3 is 15.8 Å². The van der Waals surface area contributed by atoms with Crippen LogP contribution >= 0.6 is 23.4 Å². The largest absolute Gasteiger partial charge is 0.468 e. The zero-order valence-corrected chi connectivity index (χ0v) is 12.9. The molecule has 5 nitrogen and oxygen atoms in total. The Bertz CT molecular complexity index is 497. The predicted octanol–water partition coefficient (Wildman–Crippen LogP) is 1.82. The topological polar surface area (TPSA) is 81.4 Å². The van der Waals surface area contributed by atoms with Crippen LogP contribution in [-0.2, 0) is 14.3 Å². The number of aryl methyl sites for hydroxylation is 1. The van der Waals surface area contributed by atoms with E-state index in [0.717, 1.165) is 5.56 Å². The van der Waals surface area contributed by atoms with Gasteiger partial charge in [-0.2, -0.15) is 0 Å². The molecule has 0 aliphatic carbocycles. The fourth-order valence-electron chi connectivity index (χ4n) is 1.41. The van der Waals surface area contributed by atoms with E-state index in [2.05, 4.69) is 10.1 Å². The van der Waals surface area contributed by atoms with Crippen molar-refractivity contribution in [2.24, 2.45) is 5.73 Å². The van der Waals surface area contributed by atoms with Crippen molar-refractivity contribution in [3.8, 4) is 0 Å². The number of hydrogen-bond donors (Lipinski definition) is 2. The molecule has 0 spiro atoms. The van der Waals surface area contributed by atoms with Crippen molar-refractivity contribution in [2.45, 2.75) is 13.0 Å². The van der Waals surface area contributed by atoms with Gasteiger partial charge in [-0.1, -0.05) is 17.7 Å². The number of amides is 1. The Kier molecular flexibility index (Phi) is 6.84. The molecule has 0 bridgehead atoms. The zero-order chi connectivity index (χ0) is 15.1. The van der Waals surface area contributed by atoms with Gasteiger partial charge >= 0.3 is 5.97 Å². The number of anilines is 1. The maximum atomic E-state index is 11.8. The minimum atomic E-state index is -0.717. The van der Waals surface area contributed by atoms with Crippen molar-refractivity contribution >= 4 is 40.9 Å². The van der Waals surface area contributed by atoms with Gasteiger partial charge in [0.15, 0.2) is 0 Å². The Labute approximate surface area is 127 Å². The minimum Gasteiger partial charge on any atom is -0.468 e. The molecule has 110 valence electrons. The molecule has 0 saturated carbocycles. The highest BCUT2D eigenvalue weighted by Gasteiger charge is 2.14. The van der Waals surface area contributed by atoms with E-state index in [1.807, 2.05) is 13.0 Å². The van der Waals surface area contributed by atoms with Gasteiger partial charge in [-0.05, 0) is 24.6 Å². The van der Waals surface area contributed by atoms with Crippen LogP contribution in [0.4, 0.5) is 5.69 Å². The van der Waals surface area contributed by atoms with E-state index < -0.39 is 12.0 Å². The molecule has 0 aliphatic rings. The van der Waals surface area contributed by atoms with Gasteiger partial charge in [-0.3, -0.25) is 9.59 Å². The average molecular weight is 317 g/mol. The third-order valence-corrected chi connectivity index (χ3v) is 3.80. The van der Waals surface area contributed by atoms with Crippen molar-refractivity contribution in [3.05, 3.63) is 28.8 Å². The Hall–Kier alpha value is -1.24. The summed E-state index contributed by atoms with van der Waals surface area (Å²) in [6, 6.07) is 4.57. The fraction of sp³-hybridized carbons (Fsp3) is 0.385. The number of benzene rings is 1. The molecule has 0 aromatic heterocycles. The van der Waals surface area contributed by atoms with Crippen LogP contribution in [0.2, 0.25) is 5.02 Å². The predicted molar refractivity (Wildman–Crippen MR) is 82.1 cm³/mol. The molecular weight excluding hydrogens is 300 g/mol. The summed E-state index contributed by atoms with van der Waals surface area (Å²) in [5.41, 5.74) is 7.18. The summed E-state index contributed by atoms with van der Waals surface area (Å²) in [6.07, 6.45) is 0. The number of ether oxygens (including phenoxy) is 1. The molecule has 1 amide bonds. The SMILES string of the molecule is COC(=O)C(N)CSCC(=O)Nc1cc(Cl)ccc1C. The first-order valence-electron chi connectivity index (χ1n) is 5.91. The van der Waals surface area contributed by atoms with Crippen molar-refractivity contribution in [1.82, 2.24) is 0 Å². The molecule has 0 heterocycles. The van der Waals surface area contributed by atoms with Gasteiger partial charge in [-0.15, -0.1) is 11.8 Å². The van der Waals surface area contributed by atoms with E-state index in [1.165, 1.54) is 18.9 Å². The van der Waals surface area contributed by atoms with E-state index in [-0.39, 0.29) is 11.7 Å². The first-order valence-corrected chi connectivity index (χ1v) is 7.44. The second kappa shape index (κ2) is 8.14. The smallest absolute Gasteiger partial charge is 0.323 e. The molecule has 1 aromatic carbocycles. The summed E-state index contributed by atoms with van der Waals surface area (Å²) < 4.78 is 4.50. The summed E-state index contributed by atoms with van der Waals surface area (Å²) in [7, 11) is 1.28. The van der Waals surface area contributed by atoms with Gasteiger partial charge in [0.1, 0.15) is 6.04 Å². The first kappa shape index (κ1) is 16.8. The average Bonchev–Trinajstić information content (AvgIpc) is 2.41. The Morgan fingerprint density at radius 2 is 2.20 bits per heavy atom. The van der Waals surface area contributed by atoms with E-state index >= 15 is 0 Å². The summed E-state index contributed by atoms with van der Waals surface area (Å²) >= 11 is 7.14. The van der Waals surface area contributed by atoms with Gasteiger partial charge in [-0.25, -0.2) is 0 Å². The molecule has 1 aromatic rings. The van der Waals surface area contributed by atoms with Gasteiger partial charge in [0.2, 0.25) is 5.91 Å². The molecule has 1 rings (SSSR count). The number of esters is 1. The van der Waals surface area contributed by atoms with Crippen molar-refractivity contribution < 1.29 is 14.3 Å². The summed E-state index contributed by atoms with van der Waals surface area (Å²) in [5.74, 6) is -0.119. The normalized spacial score (nSPS) is 11.8. The van der Waals surface area contributed by atoms with E-state index in [0.29, 0.717) is 16.5 Å². The fourth-order valence-corrected chi connectivity index (χ4v) is 2.35. The van der Waals surface area contributed by atoms with Crippen LogP contribution in [0, 0.1) is 6.92 Å². The number of nitrogens with two attached hydrogens (primary N) is 1. The lowest BCUT2D eigenvalue weighted by molar-refractivity contribution is -0.141. The molecule has 1 atom stereocenters. The number of hydrogen-bond acceptors (Lipinski definition) is 5. The van der Waals surface area contributed by atoms with Crippen molar-refractivity contribution in [2.75, 3.05) is 23.9 Å². The molecule has 7 heteroatoms. The lowest BCUT2D eigenvalue weighted by Crippen LogP contribution is -2.34. The molecule has 0 aliphatic heterocycles. The van der Waals surface area contributed by atoms with Crippen LogP contribution in [0.3, 0.4) is 0 Å². The number of halogens is 1. The van der Waals surface area contributed by atoms with Crippen LogP contribution in [0.1, 0.15) is 5.56 Å². The second-order valence-electron chi connectivity index (χ2n) is 4.15. The molecule has 0 radical (unpaired) electrons. The van der Waals surface area contributed by atoms with Crippen LogP contribution in [-0.4, -0.2) is 36.5 Å². The second-order valence-corrected chi connectivity index (χ2v) is 5.62. The summed E-state index contributed by atoms with van der Waals surface area (Å²) in [4.78, 5) is 22.8. The maximum Gasteiger partial charge on any atom is 0.323 e.